The van der Waals surface area contributed by atoms with Gasteiger partial charge in [0.25, 0.3) is 0 Å². The van der Waals surface area contributed by atoms with Gasteiger partial charge in [-0.25, -0.2) is 0 Å². The van der Waals surface area contributed by atoms with Crippen molar-refractivity contribution < 1.29 is 9.59 Å². The van der Waals surface area contributed by atoms with E-state index in [1.165, 1.54) is 12.8 Å². The standard InChI is InChI=1S/C16H26N2O2/c1-12-2-4-13(5-3-12)14(19)18-10-7-16(8-11-18)6-9-17-15(16)20/h12-13H,2-11H2,1H3,(H,17,20). The Hall–Kier alpha value is -1.06. The number of carbonyl (C=O) groups is 2. The van der Waals surface area contributed by atoms with Crippen molar-refractivity contribution >= 4 is 11.8 Å². The summed E-state index contributed by atoms with van der Waals surface area (Å²) in [7, 11) is 0. The van der Waals surface area contributed by atoms with Crippen LogP contribution in [0, 0.1) is 17.3 Å². The first-order chi connectivity index (χ1) is 9.61. The van der Waals surface area contributed by atoms with Crippen molar-refractivity contribution in [2.75, 3.05) is 19.6 Å². The summed E-state index contributed by atoms with van der Waals surface area (Å²) in [6.07, 6.45) is 7.16. The van der Waals surface area contributed by atoms with Gasteiger partial charge in [-0.15, -0.1) is 0 Å². The Labute approximate surface area is 121 Å². The van der Waals surface area contributed by atoms with Crippen molar-refractivity contribution in [2.24, 2.45) is 17.3 Å². The van der Waals surface area contributed by atoms with Crippen molar-refractivity contribution in [3.63, 3.8) is 0 Å². The summed E-state index contributed by atoms with van der Waals surface area (Å²) >= 11 is 0. The molecule has 0 aromatic carbocycles. The molecule has 2 saturated heterocycles. The van der Waals surface area contributed by atoms with Gasteiger partial charge in [0, 0.05) is 25.6 Å². The van der Waals surface area contributed by atoms with Gasteiger partial charge in [-0.1, -0.05) is 6.92 Å². The Balaban J connectivity index is 1.55. The average Bonchev–Trinajstić information content (AvgIpc) is 2.81. The van der Waals surface area contributed by atoms with Gasteiger partial charge >= 0.3 is 0 Å². The normalized spacial score (nSPS) is 33.2. The van der Waals surface area contributed by atoms with E-state index in [1.54, 1.807) is 0 Å². The monoisotopic (exact) mass is 278 g/mol. The quantitative estimate of drug-likeness (QED) is 0.797. The molecule has 0 unspecified atom stereocenters. The van der Waals surface area contributed by atoms with Crippen LogP contribution in [0.25, 0.3) is 0 Å². The zero-order valence-corrected chi connectivity index (χ0v) is 12.5. The van der Waals surface area contributed by atoms with Gasteiger partial charge in [-0.3, -0.25) is 9.59 Å². The molecule has 0 radical (unpaired) electrons. The minimum absolute atomic E-state index is 0.155. The van der Waals surface area contributed by atoms with Gasteiger partial charge in [0.05, 0.1) is 5.41 Å². The van der Waals surface area contributed by atoms with E-state index in [4.69, 9.17) is 0 Å². The first-order valence-electron chi connectivity index (χ1n) is 8.18. The fraction of sp³-hybridized carbons (Fsp3) is 0.875. The zero-order valence-electron chi connectivity index (χ0n) is 12.5. The van der Waals surface area contributed by atoms with Gasteiger partial charge in [-0.2, -0.15) is 0 Å². The molecule has 3 aliphatic rings. The molecule has 0 bridgehead atoms. The summed E-state index contributed by atoms with van der Waals surface area (Å²) in [5, 5.41) is 2.95. The highest BCUT2D eigenvalue weighted by atomic mass is 16.2. The summed E-state index contributed by atoms with van der Waals surface area (Å²) in [4.78, 5) is 26.5. The Morgan fingerprint density at radius 2 is 1.80 bits per heavy atom. The van der Waals surface area contributed by atoms with E-state index in [2.05, 4.69) is 12.2 Å². The smallest absolute Gasteiger partial charge is 0.226 e. The molecule has 0 atom stereocenters. The van der Waals surface area contributed by atoms with E-state index in [0.717, 1.165) is 57.7 Å². The summed E-state index contributed by atoms with van der Waals surface area (Å²) in [6.45, 7) is 4.65. The largest absolute Gasteiger partial charge is 0.356 e. The lowest BCUT2D eigenvalue weighted by atomic mass is 9.76. The van der Waals surface area contributed by atoms with Crippen LogP contribution in [0.4, 0.5) is 0 Å². The van der Waals surface area contributed by atoms with E-state index in [1.807, 2.05) is 4.90 Å². The van der Waals surface area contributed by atoms with Crippen molar-refractivity contribution in [2.45, 2.75) is 51.9 Å². The first-order valence-corrected chi connectivity index (χ1v) is 8.18. The van der Waals surface area contributed by atoms with E-state index >= 15 is 0 Å². The van der Waals surface area contributed by atoms with Crippen LogP contribution in [0.2, 0.25) is 0 Å². The lowest BCUT2D eigenvalue weighted by Gasteiger charge is -2.39. The number of amides is 2. The van der Waals surface area contributed by atoms with Crippen LogP contribution in [0.1, 0.15) is 51.9 Å². The molecular weight excluding hydrogens is 252 g/mol. The van der Waals surface area contributed by atoms with Crippen LogP contribution in [0.15, 0.2) is 0 Å². The highest BCUT2D eigenvalue weighted by Crippen LogP contribution is 2.39. The molecule has 0 aromatic heterocycles. The maximum Gasteiger partial charge on any atom is 0.226 e. The number of rotatable bonds is 1. The minimum atomic E-state index is -0.155. The number of hydrogen-bond donors (Lipinski definition) is 1. The maximum atomic E-state index is 12.6. The summed E-state index contributed by atoms with van der Waals surface area (Å²) < 4.78 is 0. The highest BCUT2D eigenvalue weighted by molar-refractivity contribution is 5.85. The first kappa shape index (κ1) is 13.9. The Morgan fingerprint density at radius 1 is 1.15 bits per heavy atom. The van der Waals surface area contributed by atoms with E-state index < -0.39 is 0 Å². The molecule has 4 nitrogen and oxygen atoms in total. The fourth-order valence-electron chi connectivity index (χ4n) is 4.11. The maximum absolute atomic E-state index is 12.6. The second-order valence-corrected chi connectivity index (χ2v) is 7.07. The molecule has 20 heavy (non-hydrogen) atoms. The number of hydrogen-bond acceptors (Lipinski definition) is 2. The lowest BCUT2D eigenvalue weighted by Crippen LogP contribution is -2.48. The number of likely N-dealkylation sites (tertiary alicyclic amines) is 1. The molecule has 1 N–H and O–H groups in total. The molecule has 2 aliphatic heterocycles. The third-order valence-corrected chi connectivity index (χ3v) is 5.77. The number of carbonyl (C=O) groups excluding carboxylic acids is 2. The van der Waals surface area contributed by atoms with Crippen LogP contribution in [0.3, 0.4) is 0 Å². The molecule has 3 fully saturated rings. The SMILES string of the molecule is CC1CCC(C(=O)N2CCC3(CCNC3=O)CC2)CC1. The van der Waals surface area contributed by atoms with Crippen molar-refractivity contribution in [3.8, 4) is 0 Å². The Kier molecular flexibility index (Phi) is 3.74. The van der Waals surface area contributed by atoms with Gasteiger partial charge in [0.15, 0.2) is 0 Å². The van der Waals surface area contributed by atoms with Crippen molar-refractivity contribution in [1.29, 1.82) is 0 Å². The average molecular weight is 278 g/mol. The van der Waals surface area contributed by atoms with E-state index in [9.17, 15) is 9.59 Å². The fourth-order valence-corrected chi connectivity index (χ4v) is 4.11. The Bertz CT molecular complexity index is 391. The summed E-state index contributed by atoms with van der Waals surface area (Å²) in [5.41, 5.74) is -0.155. The summed E-state index contributed by atoms with van der Waals surface area (Å²) in [6, 6.07) is 0. The molecule has 3 rings (SSSR count). The molecule has 1 saturated carbocycles. The molecule has 2 heterocycles. The molecule has 4 heteroatoms. The summed E-state index contributed by atoms with van der Waals surface area (Å²) in [5.74, 6) is 1.60. The molecule has 112 valence electrons. The molecule has 1 aliphatic carbocycles. The van der Waals surface area contributed by atoms with Crippen molar-refractivity contribution in [1.82, 2.24) is 10.2 Å². The van der Waals surface area contributed by atoms with Crippen LogP contribution >= 0.6 is 0 Å². The van der Waals surface area contributed by atoms with Gasteiger partial charge in [0.1, 0.15) is 0 Å². The number of nitrogens with one attached hydrogen (secondary N) is 1. The van der Waals surface area contributed by atoms with Crippen LogP contribution in [-0.2, 0) is 9.59 Å². The van der Waals surface area contributed by atoms with Gasteiger partial charge in [0.2, 0.25) is 11.8 Å². The van der Waals surface area contributed by atoms with E-state index in [0.29, 0.717) is 5.91 Å². The minimum Gasteiger partial charge on any atom is -0.356 e. The second kappa shape index (κ2) is 5.38. The van der Waals surface area contributed by atoms with Crippen molar-refractivity contribution in [3.05, 3.63) is 0 Å². The van der Waals surface area contributed by atoms with E-state index in [-0.39, 0.29) is 17.2 Å². The third kappa shape index (κ3) is 2.45. The topological polar surface area (TPSA) is 49.4 Å². The van der Waals surface area contributed by atoms with Crippen LogP contribution in [-0.4, -0.2) is 36.3 Å². The predicted molar refractivity (Wildman–Crippen MR) is 77.0 cm³/mol. The number of piperidine rings is 1. The molecule has 0 aromatic rings. The van der Waals surface area contributed by atoms with Crippen LogP contribution in [0.5, 0.6) is 0 Å². The highest BCUT2D eigenvalue weighted by Gasteiger charge is 2.45. The number of nitrogens with zero attached hydrogens (tertiary/aromatic N) is 1. The second-order valence-electron chi connectivity index (χ2n) is 7.07. The molecule has 1 spiro atoms. The molecule has 2 amide bonds. The Morgan fingerprint density at radius 3 is 2.35 bits per heavy atom. The predicted octanol–water partition coefficient (Wildman–Crippen LogP) is 1.94. The zero-order chi connectivity index (χ0) is 14.2. The third-order valence-electron chi connectivity index (χ3n) is 5.77. The van der Waals surface area contributed by atoms with Gasteiger partial charge in [-0.05, 0) is 50.9 Å². The molecular formula is C16H26N2O2. The van der Waals surface area contributed by atoms with Crippen LogP contribution < -0.4 is 5.32 Å². The van der Waals surface area contributed by atoms with Gasteiger partial charge < -0.3 is 10.2 Å². The lowest BCUT2D eigenvalue weighted by molar-refractivity contribution is -0.142.